The van der Waals surface area contributed by atoms with Crippen LogP contribution in [0.25, 0.3) is 0 Å². The lowest BCUT2D eigenvalue weighted by Crippen LogP contribution is -2.61. The van der Waals surface area contributed by atoms with Crippen molar-refractivity contribution in [2.75, 3.05) is 54.9 Å². The second-order valence-corrected chi connectivity index (χ2v) is 17.2. The van der Waals surface area contributed by atoms with Crippen LogP contribution in [0.5, 0.6) is 0 Å². The molecule has 3 fully saturated rings. The summed E-state index contributed by atoms with van der Waals surface area (Å²) < 4.78 is 48.0. The van der Waals surface area contributed by atoms with Gasteiger partial charge in [0.15, 0.2) is 12.6 Å². The predicted octanol–water partition coefficient (Wildman–Crippen LogP) is 1.82. The van der Waals surface area contributed by atoms with E-state index in [9.17, 15) is 30.3 Å². The molecule has 3 aliphatic rings. The van der Waals surface area contributed by atoms with E-state index in [1.165, 1.54) is 14.0 Å². The zero-order valence-electron chi connectivity index (χ0n) is 36.5. The van der Waals surface area contributed by atoms with Gasteiger partial charge in [-0.2, -0.15) is 0 Å². The number of nitrogens with zero attached hydrogens (tertiary/aromatic N) is 2. The van der Waals surface area contributed by atoms with Gasteiger partial charge in [-0.3, -0.25) is 4.79 Å². The third-order valence-corrected chi connectivity index (χ3v) is 12.3. The number of carbonyl (C=O) groups excluding carboxylic acids is 1. The first-order valence-electron chi connectivity index (χ1n) is 20.3. The molecule has 3 rings (SSSR count). The molecule has 0 radical (unpaired) electrons. The minimum atomic E-state index is -1.96. The summed E-state index contributed by atoms with van der Waals surface area (Å²) in [6, 6.07) is -0.295. The molecule has 3 aliphatic heterocycles. The lowest BCUT2D eigenvalue weighted by Gasteiger charge is -2.49. The van der Waals surface area contributed by atoms with Gasteiger partial charge in [-0.1, -0.05) is 32.9 Å². The number of carbonyl (C=O) groups is 1. The van der Waals surface area contributed by atoms with E-state index < -0.39 is 102 Å². The van der Waals surface area contributed by atoms with Crippen molar-refractivity contribution in [1.29, 1.82) is 0 Å². The molecule has 17 heteroatoms. The molecule has 5 N–H and O–H groups in total. The van der Waals surface area contributed by atoms with Gasteiger partial charge in [0, 0.05) is 44.4 Å². The summed E-state index contributed by atoms with van der Waals surface area (Å²) in [6.45, 7) is 15.7. The van der Waals surface area contributed by atoms with Gasteiger partial charge in [0.1, 0.15) is 23.9 Å². The first kappa shape index (κ1) is 49.8. The highest BCUT2D eigenvalue weighted by Crippen LogP contribution is 2.41. The maximum Gasteiger partial charge on any atom is 0.311 e. The Morgan fingerprint density at radius 1 is 1.04 bits per heavy atom. The van der Waals surface area contributed by atoms with Crippen molar-refractivity contribution in [3.63, 3.8) is 0 Å². The second kappa shape index (κ2) is 21.3. The molecule has 0 bridgehead atoms. The first-order valence-corrected chi connectivity index (χ1v) is 20.3. The Morgan fingerprint density at radius 2 is 1.70 bits per heavy atom. The van der Waals surface area contributed by atoms with Crippen molar-refractivity contribution in [1.82, 2.24) is 4.90 Å². The Labute approximate surface area is 339 Å². The summed E-state index contributed by atoms with van der Waals surface area (Å²) in [5, 5.41) is 62.6. The quantitative estimate of drug-likeness (QED) is 0.0689. The Morgan fingerprint density at radius 3 is 2.30 bits per heavy atom. The lowest BCUT2D eigenvalue weighted by atomic mass is 9.73. The van der Waals surface area contributed by atoms with E-state index in [1.54, 1.807) is 55.6 Å². The van der Waals surface area contributed by atoms with Crippen LogP contribution in [0.1, 0.15) is 88.0 Å². The molecule has 0 spiro atoms. The van der Waals surface area contributed by atoms with Crippen LogP contribution in [0.4, 0.5) is 0 Å². The molecule has 0 saturated carbocycles. The summed E-state index contributed by atoms with van der Waals surface area (Å²) in [5.74, 6) is -4.18. The molecule has 1 unspecified atom stereocenters. The van der Waals surface area contributed by atoms with Crippen LogP contribution in [-0.2, 0) is 47.5 Å². The number of esters is 1. The molecular weight excluding hydrogens is 748 g/mol. The van der Waals surface area contributed by atoms with Gasteiger partial charge < -0.3 is 73.2 Å². The van der Waals surface area contributed by atoms with Crippen molar-refractivity contribution in [3.05, 3.63) is 0 Å². The van der Waals surface area contributed by atoms with Crippen molar-refractivity contribution in [2.24, 2.45) is 28.8 Å². The maximum atomic E-state index is 14.5. The molecule has 0 amide bonds. The molecule has 17 nitrogen and oxygen atoms in total. The summed E-state index contributed by atoms with van der Waals surface area (Å²) in [4.78, 5) is 22.0. The van der Waals surface area contributed by atoms with Crippen LogP contribution in [-0.4, -0.2) is 175 Å². The van der Waals surface area contributed by atoms with E-state index in [-0.39, 0.29) is 38.7 Å². The van der Waals surface area contributed by atoms with Gasteiger partial charge in [0.05, 0.1) is 67.1 Å². The van der Waals surface area contributed by atoms with Crippen LogP contribution in [0.15, 0.2) is 5.16 Å². The van der Waals surface area contributed by atoms with E-state index in [2.05, 4.69) is 5.16 Å². The highest BCUT2D eigenvalue weighted by atomic mass is 16.7. The van der Waals surface area contributed by atoms with Crippen LogP contribution < -0.4 is 0 Å². The van der Waals surface area contributed by atoms with Crippen LogP contribution in [0.2, 0.25) is 0 Å². The normalized spacial score (nSPS) is 42.5. The van der Waals surface area contributed by atoms with Crippen molar-refractivity contribution in [3.8, 4) is 0 Å². The number of hydrogen-bond acceptors (Lipinski definition) is 17. The zero-order chi connectivity index (χ0) is 43.0. The first-order chi connectivity index (χ1) is 26.6. The maximum absolute atomic E-state index is 14.5. The molecule has 57 heavy (non-hydrogen) atoms. The van der Waals surface area contributed by atoms with Gasteiger partial charge in [-0.25, -0.2) is 0 Å². The molecule has 3 heterocycles. The van der Waals surface area contributed by atoms with Gasteiger partial charge in [0.25, 0.3) is 0 Å². The Balaban J connectivity index is 2.20. The van der Waals surface area contributed by atoms with Gasteiger partial charge >= 0.3 is 5.97 Å². The number of rotatable bonds is 15. The number of methoxy groups -OCH3 is 2. The van der Waals surface area contributed by atoms with Gasteiger partial charge in [0.2, 0.25) is 6.79 Å². The summed E-state index contributed by atoms with van der Waals surface area (Å²) in [5.41, 5.74) is -4.41. The van der Waals surface area contributed by atoms with Crippen molar-refractivity contribution in [2.45, 2.75) is 166 Å². The molecule has 0 aromatic carbocycles. The fourth-order valence-corrected chi connectivity index (χ4v) is 8.71. The Bertz CT molecular complexity index is 1270. The van der Waals surface area contributed by atoms with E-state index in [0.717, 1.165) is 0 Å². The number of hydrogen-bond donors (Lipinski definition) is 5. The Kier molecular flexibility index (Phi) is 18.6. The summed E-state index contributed by atoms with van der Waals surface area (Å²) >= 11 is 0. The van der Waals surface area contributed by atoms with Crippen LogP contribution >= 0.6 is 0 Å². The van der Waals surface area contributed by atoms with Crippen molar-refractivity contribution >= 4 is 11.7 Å². The number of aliphatic hydroxyl groups is 5. The molecule has 17 atom stereocenters. The van der Waals surface area contributed by atoms with Crippen molar-refractivity contribution < 1.29 is 73.1 Å². The molecular formula is C40H74N2O15. The number of likely N-dealkylation sites (N-methyl/N-ethyl adjacent to an activating group) is 1. The van der Waals surface area contributed by atoms with Gasteiger partial charge in [-0.05, 0) is 68.0 Å². The summed E-state index contributed by atoms with van der Waals surface area (Å²) in [6.07, 6.45) is -8.96. The fraction of sp³-hybridized carbons (Fsp3) is 0.950. The van der Waals surface area contributed by atoms with E-state index >= 15 is 0 Å². The standard InChI is InChI=1S/C40H74N2O15/c1-14-28(43)40(9,48)35-23(3)30(41-53-21-51-18-17-49-12)22(2)19-38(7,47)34(57-37-31(44)27(42(10)11)15-16-52-37)24(4)32(25(5)36(46)56-35)55-29-20-39(8,50-13)33(45)26(6)54-29/h22-29,31-35,37,43-45,47-48H,14-21H2,1-13H3/b41-30+/t22-,23+,24+,25-,26+,27+,28-,29+,31-,32?,33+,34-,35+,37+,38-,39-,40-/m1/s1. The minimum Gasteiger partial charge on any atom is -0.458 e. The van der Waals surface area contributed by atoms with Crippen LogP contribution in [0.3, 0.4) is 0 Å². The van der Waals surface area contributed by atoms with Crippen LogP contribution in [0, 0.1) is 23.7 Å². The third-order valence-electron chi connectivity index (χ3n) is 12.3. The predicted molar refractivity (Wildman–Crippen MR) is 208 cm³/mol. The zero-order valence-corrected chi connectivity index (χ0v) is 36.5. The highest BCUT2D eigenvalue weighted by Gasteiger charge is 2.53. The molecule has 0 aromatic heterocycles. The second-order valence-electron chi connectivity index (χ2n) is 17.2. The topological polar surface area (TPSA) is 217 Å². The number of cyclic esters (lactones) is 1. The number of oxime groups is 1. The number of aliphatic hydroxyl groups excluding tert-OH is 3. The monoisotopic (exact) mass is 823 g/mol. The smallest absolute Gasteiger partial charge is 0.311 e. The largest absolute Gasteiger partial charge is 0.458 e. The van der Waals surface area contributed by atoms with E-state index in [1.807, 2.05) is 25.9 Å². The van der Waals surface area contributed by atoms with E-state index in [0.29, 0.717) is 25.3 Å². The Hall–Kier alpha value is -1.58. The summed E-state index contributed by atoms with van der Waals surface area (Å²) in [7, 11) is 6.75. The highest BCUT2D eigenvalue weighted by molar-refractivity contribution is 5.89. The average Bonchev–Trinajstić information content (AvgIpc) is 3.15. The van der Waals surface area contributed by atoms with Gasteiger partial charge in [-0.15, -0.1) is 0 Å². The van der Waals surface area contributed by atoms with E-state index in [4.69, 9.17) is 42.7 Å². The minimum absolute atomic E-state index is 0.00411. The fourth-order valence-electron chi connectivity index (χ4n) is 8.71. The lowest BCUT2D eigenvalue weighted by molar-refractivity contribution is -0.313. The molecule has 0 aromatic rings. The SMILES string of the molecule is CC[C@@H](O)[C@@](C)(O)[C@H]1OC(=O)[C@H](C)C(O[C@H]2C[C@@](C)(OC)[C@@H](O)[C@H](C)O2)[C@H](C)[C@@H](O[C@@H]2OCC[C@H](N(C)C)[C@H]2O)[C@](C)(O)C[C@@H](C)/C(=N\OCOCCOC)[C@@H]1C. The molecule has 334 valence electrons. The third kappa shape index (κ3) is 12.0. The average molecular weight is 823 g/mol. The molecule has 3 saturated heterocycles. The number of ether oxygens (including phenoxy) is 8. The molecule has 0 aliphatic carbocycles.